The Morgan fingerprint density at radius 1 is 1.21 bits per heavy atom. The summed E-state index contributed by atoms with van der Waals surface area (Å²) in [5, 5.41) is 2.77. The van der Waals surface area contributed by atoms with E-state index >= 15 is 0 Å². The minimum atomic E-state index is -0.629. The smallest absolute Gasteiger partial charge is 0.328 e. The molecule has 0 spiro atoms. The molecule has 24 heavy (non-hydrogen) atoms. The van der Waals surface area contributed by atoms with Crippen LogP contribution < -0.4 is 10.0 Å². The van der Waals surface area contributed by atoms with Crippen molar-refractivity contribution in [3.05, 3.63) is 10.6 Å². The number of likely N-dealkylation sites (tertiary alicyclic amines) is 1. The van der Waals surface area contributed by atoms with E-state index in [2.05, 4.69) is 10.0 Å². The molecule has 132 valence electrons. The van der Waals surface area contributed by atoms with Gasteiger partial charge in [0.15, 0.2) is 0 Å². The van der Waals surface area contributed by atoms with E-state index in [9.17, 15) is 14.4 Å². The molecule has 0 bridgehead atoms. The molecule has 8 heteroatoms. The third-order valence-electron chi connectivity index (χ3n) is 4.63. The number of nitrogens with one attached hydrogen (secondary N) is 2. The number of unbranched alkanes of at least 4 members (excludes halogenated alkanes) is 1. The summed E-state index contributed by atoms with van der Waals surface area (Å²) in [7, 11) is 0. The molecule has 3 rings (SSSR count). The van der Waals surface area contributed by atoms with Crippen molar-refractivity contribution in [2.75, 3.05) is 19.6 Å². The zero-order valence-corrected chi connectivity index (χ0v) is 14.8. The first-order chi connectivity index (χ1) is 11.6. The number of amides is 4. The average molecular weight is 352 g/mol. The van der Waals surface area contributed by atoms with Crippen LogP contribution in [-0.4, -0.2) is 53.3 Å². The van der Waals surface area contributed by atoms with Crippen LogP contribution in [0.2, 0.25) is 0 Å². The van der Waals surface area contributed by atoms with Crippen LogP contribution >= 0.6 is 11.9 Å². The van der Waals surface area contributed by atoms with Crippen LogP contribution in [0.1, 0.15) is 45.4 Å². The molecule has 0 aliphatic carbocycles. The predicted molar refractivity (Wildman–Crippen MR) is 91.7 cm³/mol. The van der Waals surface area contributed by atoms with Crippen LogP contribution in [0.15, 0.2) is 10.6 Å². The highest BCUT2D eigenvalue weighted by molar-refractivity contribution is 8.02. The third-order valence-corrected chi connectivity index (χ3v) is 5.59. The molecule has 0 aromatic carbocycles. The Balaban J connectivity index is 1.77. The van der Waals surface area contributed by atoms with E-state index < -0.39 is 12.1 Å². The van der Waals surface area contributed by atoms with Gasteiger partial charge in [-0.15, -0.1) is 0 Å². The first kappa shape index (κ1) is 17.3. The summed E-state index contributed by atoms with van der Waals surface area (Å²) in [4.78, 5) is 41.1. The lowest BCUT2D eigenvalue weighted by atomic mass is 10.1. The molecule has 2 fully saturated rings. The fraction of sp³-hybridized carbons (Fsp3) is 0.688. The van der Waals surface area contributed by atoms with Crippen molar-refractivity contribution in [2.24, 2.45) is 0 Å². The first-order valence-corrected chi connectivity index (χ1v) is 9.53. The number of urea groups is 1. The maximum Gasteiger partial charge on any atom is 0.328 e. The molecule has 1 unspecified atom stereocenters. The molecule has 3 aliphatic heterocycles. The van der Waals surface area contributed by atoms with Gasteiger partial charge in [0.05, 0.1) is 5.70 Å². The summed E-state index contributed by atoms with van der Waals surface area (Å²) >= 11 is 1.16. The Labute approximate surface area is 146 Å². The first-order valence-electron chi connectivity index (χ1n) is 8.71. The standard InChI is InChI=1S/C16H24N4O3S/c1-2-3-10-20-14(21)12-11(17-16(20)23)13(24-18-12)15(22)19-8-6-4-5-7-9-19/h12,18H,2-10H2,1H3,(H,17,23). The van der Waals surface area contributed by atoms with Gasteiger partial charge >= 0.3 is 6.03 Å². The zero-order valence-electron chi connectivity index (χ0n) is 14.0. The molecule has 2 N–H and O–H groups in total. The third kappa shape index (κ3) is 3.30. The van der Waals surface area contributed by atoms with Gasteiger partial charge in [-0.1, -0.05) is 26.2 Å². The molecule has 7 nitrogen and oxygen atoms in total. The molecule has 3 heterocycles. The van der Waals surface area contributed by atoms with Crippen molar-refractivity contribution in [3.63, 3.8) is 0 Å². The van der Waals surface area contributed by atoms with Gasteiger partial charge in [0.25, 0.3) is 11.8 Å². The number of fused-ring (bicyclic) bond motifs is 1. The van der Waals surface area contributed by atoms with Crippen LogP contribution in [0.4, 0.5) is 4.79 Å². The fourth-order valence-corrected chi connectivity index (χ4v) is 4.16. The molecule has 0 aromatic rings. The van der Waals surface area contributed by atoms with Gasteiger partial charge in [0.1, 0.15) is 10.9 Å². The van der Waals surface area contributed by atoms with Gasteiger partial charge in [0.2, 0.25) is 0 Å². The number of carbonyl (C=O) groups is 3. The largest absolute Gasteiger partial charge is 0.338 e. The molecule has 3 aliphatic rings. The predicted octanol–water partition coefficient (Wildman–Crippen LogP) is 1.57. The molecule has 1 atom stereocenters. The van der Waals surface area contributed by atoms with E-state index in [0.717, 1.165) is 63.6 Å². The Kier molecular flexibility index (Phi) is 5.45. The average Bonchev–Trinajstić information content (AvgIpc) is 2.81. The van der Waals surface area contributed by atoms with E-state index in [-0.39, 0.29) is 11.8 Å². The van der Waals surface area contributed by atoms with E-state index in [1.807, 2.05) is 11.8 Å². The zero-order chi connectivity index (χ0) is 17.1. The summed E-state index contributed by atoms with van der Waals surface area (Å²) in [5.41, 5.74) is 0.428. The second kappa shape index (κ2) is 7.57. The maximum atomic E-state index is 12.8. The van der Waals surface area contributed by atoms with Gasteiger partial charge in [-0.2, -0.15) is 0 Å². The Morgan fingerprint density at radius 3 is 2.58 bits per heavy atom. The summed E-state index contributed by atoms with van der Waals surface area (Å²) in [5.74, 6) is -0.352. The van der Waals surface area contributed by atoms with Gasteiger partial charge < -0.3 is 10.2 Å². The summed E-state index contributed by atoms with van der Waals surface area (Å²) in [6, 6.07) is -1.05. The van der Waals surface area contributed by atoms with Crippen LogP contribution in [0.25, 0.3) is 0 Å². The Morgan fingerprint density at radius 2 is 1.92 bits per heavy atom. The van der Waals surface area contributed by atoms with E-state index in [1.54, 1.807) is 0 Å². The molecule has 0 saturated carbocycles. The quantitative estimate of drug-likeness (QED) is 0.751. The lowest BCUT2D eigenvalue weighted by molar-refractivity contribution is -0.130. The normalized spacial score (nSPS) is 24.8. The van der Waals surface area contributed by atoms with Crippen LogP contribution in [0.3, 0.4) is 0 Å². The number of rotatable bonds is 4. The summed E-state index contributed by atoms with van der Waals surface area (Å²) in [6.45, 7) is 3.91. The van der Waals surface area contributed by atoms with Crippen LogP contribution in [0, 0.1) is 0 Å². The van der Waals surface area contributed by atoms with Crippen molar-refractivity contribution < 1.29 is 14.4 Å². The highest BCUT2D eigenvalue weighted by Gasteiger charge is 2.44. The topological polar surface area (TPSA) is 81.8 Å². The molecule has 2 saturated heterocycles. The summed E-state index contributed by atoms with van der Waals surface area (Å²) in [6.07, 6.45) is 5.98. The van der Waals surface area contributed by atoms with Crippen molar-refractivity contribution in [2.45, 2.75) is 51.5 Å². The lowest BCUT2D eigenvalue weighted by Crippen LogP contribution is -2.58. The number of hydrogen-bond acceptors (Lipinski definition) is 5. The van der Waals surface area contributed by atoms with Gasteiger partial charge in [-0.05, 0) is 31.2 Å². The van der Waals surface area contributed by atoms with E-state index in [4.69, 9.17) is 0 Å². The Hall–Kier alpha value is -1.54. The monoisotopic (exact) mass is 352 g/mol. The van der Waals surface area contributed by atoms with Crippen LogP contribution in [-0.2, 0) is 9.59 Å². The SMILES string of the molecule is CCCCN1C(=O)NC2=C(C(=O)N3CCCCCC3)SNC2C1=O. The van der Waals surface area contributed by atoms with Crippen molar-refractivity contribution >= 4 is 29.8 Å². The molecular weight excluding hydrogens is 328 g/mol. The molecule has 0 radical (unpaired) electrons. The second-order valence-electron chi connectivity index (χ2n) is 6.38. The summed E-state index contributed by atoms with van der Waals surface area (Å²) < 4.78 is 3.01. The fourth-order valence-electron chi connectivity index (χ4n) is 3.21. The Bertz CT molecular complexity index is 570. The van der Waals surface area contributed by atoms with E-state index in [1.165, 1.54) is 4.90 Å². The second-order valence-corrected chi connectivity index (χ2v) is 7.22. The number of nitrogens with zero attached hydrogens (tertiary/aromatic N) is 2. The minimum Gasteiger partial charge on any atom is -0.338 e. The van der Waals surface area contributed by atoms with Gasteiger partial charge in [0, 0.05) is 19.6 Å². The maximum absolute atomic E-state index is 12.8. The van der Waals surface area contributed by atoms with Crippen molar-refractivity contribution in [3.8, 4) is 0 Å². The minimum absolute atomic E-state index is 0.0815. The molecular formula is C16H24N4O3S. The van der Waals surface area contributed by atoms with Gasteiger partial charge in [-0.3, -0.25) is 14.5 Å². The highest BCUT2D eigenvalue weighted by Crippen LogP contribution is 2.32. The molecule has 0 aromatic heterocycles. The van der Waals surface area contributed by atoms with Crippen LogP contribution in [0.5, 0.6) is 0 Å². The van der Waals surface area contributed by atoms with Crippen molar-refractivity contribution in [1.82, 2.24) is 19.8 Å². The van der Waals surface area contributed by atoms with E-state index in [0.29, 0.717) is 17.1 Å². The number of imide groups is 1. The van der Waals surface area contributed by atoms with Gasteiger partial charge in [-0.25, -0.2) is 9.52 Å². The number of hydrogen-bond donors (Lipinski definition) is 2. The van der Waals surface area contributed by atoms with Crippen molar-refractivity contribution in [1.29, 1.82) is 0 Å². The lowest BCUT2D eigenvalue weighted by Gasteiger charge is -2.31. The number of carbonyl (C=O) groups excluding carboxylic acids is 3. The highest BCUT2D eigenvalue weighted by atomic mass is 32.2. The molecule has 4 amide bonds.